The van der Waals surface area contributed by atoms with Crippen molar-refractivity contribution >= 4 is 5.91 Å². The highest BCUT2D eigenvalue weighted by atomic mass is 16.2. The Bertz CT molecular complexity index is 846. The predicted molar refractivity (Wildman–Crippen MR) is 101 cm³/mol. The van der Waals surface area contributed by atoms with Gasteiger partial charge in [-0.05, 0) is 48.6 Å². The van der Waals surface area contributed by atoms with Crippen molar-refractivity contribution in [3.8, 4) is 6.07 Å². The van der Waals surface area contributed by atoms with E-state index in [0.29, 0.717) is 17.2 Å². The van der Waals surface area contributed by atoms with Gasteiger partial charge in [0, 0.05) is 37.8 Å². The molecule has 2 aliphatic rings. The van der Waals surface area contributed by atoms with Crippen molar-refractivity contribution < 1.29 is 4.79 Å². The minimum atomic E-state index is 0.0377. The molecule has 1 saturated heterocycles. The molecule has 0 saturated carbocycles. The van der Waals surface area contributed by atoms with Crippen LogP contribution in [0.2, 0.25) is 0 Å². The normalized spacial score (nSPS) is 20.3. The van der Waals surface area contributed by atoms with Gasteiger partial charge in [-0.15, -0.1) is 0 Å². The third kappa shape index (κ3) is 3.36. The fraction of sp³-hybridized carbons (Fsp3) is 0.364. The third-order valence-corrected chi connectivity index (χ3v) is 5.68. The molecule has 2 aromatic rings. The van der Waals surface area contributed by atoms with Gasteiger partial charge < -0.3 is 4.90 Å². The van der Waals surface area contributed by atoms with E-state index in [1.165, 1.54) is 17.5 Å². The molecule has 1 aliphatic carbocycles. The number of carbonyl (C=O) groups is 1. The number of fused-ring (bicyclic) bond motifs is 1. The summed E-state index contributed by atoms with van der Waals surface area (Å²) >= 11 is 0. The van der Waals surface area contributed by atoms with Crippen molar-refractivity contribution in [1.29, 1.82) is 5.26 Å². The zero-order valence-corrected chi connectivity index (χ0v) is 14.9. The van der Waals surface area contributed by atoms with Gasteiger partial charge in [-0.3, -0.25) is 9.69 Å². The van der Waals surface area contributed by atoms with Crippen LogP contribution in [0, 0.1) is 11.3 Å². The highest BCUT2D eigenvalue weighted by molar-refractivity contribution is 5.94. The van der Waals surface area contributed by atoms with E-state index in [-0.39, 0.29) is 5.91 Å². The first-order valence-corrected chi connectivity index (χ1v) is 9.35. The zero-order valence-electron chi connectivity index (χ0n) is 14.9. The van der Waals surface area contributed by atoms with E-state index in [1.54, 1.807) is 24.3 Å². The van der Waals surface area contributed by atoms with Crippen molar-refractivity contribution in [1.82, 2.24) is 9.80 Å². The van der Waals surface area contributed by atoms with E-state index in [9.17, 15) is 4.79 Å². The van der Waals surface area contributed by atoms with Crippen molar-refractivity contribution in [2.24, 2.45) is 0 Å². The van der Waals surface area contributed by atoms with Crippen LogP contribution in [-0.2, 0) is 12.8 Å². The standard InChI is InChI=1S/C22H23N3O/c23-16-17-4-3-7-20(14-17)22(26)25-12-10-24(11-13-25)21-9-8-18-5-1-2-6-19(18)15-21/h1-7,14,21H,8-13,15H2/t21-/m1/s1. The zero-order chi connectivity index (χ0) is 17.9. The SMILES string of the molecule is N#Cc1cccc(C(=O)N2CCN([C@@H]3CCc4ccccc4C3)CC2)c1. The fourth-order valence-electron chi connectivity index (χ4n) is 4.18. The van der Waals surface area contributed by atoms with Crippen LogP contribution in [0.4, 0.5) is 0 Å². The smallest absolute Gasteiger partial charge is 0.253 e. The van der Waals surface area contributed by atoms with Gasteiger partial charge in [-0.1, -0.05) is 30.3 Å². The molecule has 4 rings (SSSR count). The van der Waals surface area contributed by atoms with Gasteiger partial charge in [0.15, 0.2) is 0 Å². The molecule has 1 amide bonds. The quantitative estimate of drug-likeness (QED) is 0.841. The number of nitrogens with zero attached hydrogens (tertiary/aromatic N) is 3. The molecule has 0 radical (unpaired) electrons. The van der Waals surface area contributed by atoms with Gasteiger partial charge in [0.05, 0.1) is 11.6 Å². The molecule has 0 N–H and O–H groups in total. The molecule has 0 unspecified atom stereocenters. The van der Waals surface area contributed by atoms with E-state index in [2.05, 4.69) is 35.2 Å². The van der Waals surface area contributed by atoms with Crippen LogP contribution in [0.1, 0.15) is 33.5 Å². The number of aryl methyl sites for hydroxylation is 1. The minimum Gasteiger partial charge on any atom is -0.336 e. The number of hydrogen-bond acceptors (Lipinski definition) is 3. The lowest BCUT2D eigenvalue weighted by molar-refractivity contribution is 0.0553. The maximum absolute atomic E-state index is 12.7. The summed E-state index contributed by atoms with van der Waals surface area (Å²) in [5.41, 5.74) is 4.13. The summed E-state index contributed by atoms with van der Waals surface area (Å²) in [7, 11) is 0. The first-order chi connectivity index (χ1) is 12.7. The molecule has 0 aromatic heterocycles. The van der Waals surface area contributed by atoms with E-state index < -0.39 is 0 Å². The molecular weight excluding hydrogens is 322 g/mol. The highest BCUT2D eigenvalue weighted by Crippen LogP contribution is 2.25. The van der Waals surface area contributed by atoms with Gasteiger partial charge in [-0.2, -0.15) is 5.26 Å². The van der Waals surface area contributed by atoms with Crippen LogP contribution in [0.15, 0.2) is 48.5 Å². The largest absolute Gasteiger partial charge is 0.336 e. The average Bonchev–Trinajstić information content (AvgIpc) is 2.73. The summed E-state index contributed by atoms with van der Waals surface area (Å²) in [4.78, 5) is 17.2. The molecule has 0 spiro atoms. The van der Waals surface area contributed by atoms with E-state index >= 15 is 0 Å². The third-order valence-electron chi connectivity index (χ3n) is 5.68. The number of piperazine rings is 1. The Labute approximate surface area is 154 Å². The Morgan fingerprint density at radius 3 is 2.54 bits per heavy atom. The number of carbonyl (C=O) groups excluding carboxylic acids is 1. The van der Waals surface area contributed by atoms with Gasteiger partial charge in [0.2, 0.25) is 0 Å². The van der Waals surface area contributed by atoms with Crippen molar-refractivity contribution in [3.63, 3.8) is 0 Å². The van der Waals surface area contributed by atoms with Gasteiger partial charge in [0.1, 0.15) is 0 Å². The summed E-state index contributed by atoms with van der Waals surface area (Å²) in [6.45, 7) is 3.37. The highest BCUT2D eigenvalue weighted by Gasteiger charge is 2.29. The molecule has 4 heteroatoms. The predicted octanol–water partition coefficient (Wildman–Crippen LogP) is 2.87. The Morgan fingerprint density at radius 1 is 1.00 bits per heavy atom. The molecule has 4 nitrogen and oxygen atoms in total. The topological polar surface area (TPSA) is 47.3 Å². The first-order valence-electron chi connectivity index (χ1n) is 9.35. The Hall–Kier alpha value is -2.64. The number of amides is 1. The maximum Gasteiger partial charge on any atom is 0.253 e. The second kappa shape index (κ2) is 7.31. The molecule has 132 valence electrons. The number of rotatable bonds is 2. The fourth-order valence-corrected chi connectivity index (χ4v) is 4.18. The molecule has 26 heavy (non-hydrogen) atoms. The van der Waals surface area contributed by atoms with Crippen LogP contribution in [0.3, 0.4) is 0 Å². The second-order valence-corrected chi connectivity index (χ2v) is 7.19. The maximum atomic E-state index is 12.7. The summed E-state index contributed by atoms with van der Waals surface area (Å²) in [6, 6.07) is 18.5. The lowest BCUT2D eigenvalue weighted by Crippen LogP contribution is -2.53. The Morgan fingerprint density at radius 2 is 1.77 bits per heavy atom. The molecule has 1 atom stereocenters. The van der Waals surface area contributed by atoms with Crippen LogP contribution >= 0.6 is 0 Å². The number of benzene rings is 2. The van der Waals surface area contributed by atoms with Crippen molar-refractivity contribution in [3.05, 3.63) is 70.8 Å². The summed E-state index contributed by atoms with van der Waals surface area (Å²) in [5.74, 6) is 0.0377. The summed E-state index contributed by atoms with van der Waals surface area (Å²) < 4.78 is 0. The first kappa shape index (κ1) is 16.8. The lowest BCUT2D eigenvalue weighted by Gasteiger charge is -2.41. The van der Waals surface area contributed by atoms with E-state index in [0.717, 1.165) is 39.0 Å². The number of nitriles is 1. The monoisotopic (exact) mass is 345 g/mol. The molecule has 1 aliphatic heterocycles. The van der Waals surface area contributed by atoms with Crippen molar-refractivity contribution in [2.45, 2.75) is 25.3 Å². The molecule has 1 heterocycles. The van der Waals surface area contributed by atoms with Gasteiger partial charge in [0.25, 0.3) is 5.91 Å². The Kier molecular flexibility index (Phi) is 4.73. The Balaban J connectivity index is 1.37. The van der Waals surface area contributed by atoms with Crippen LogP contribution in [0.5, 0.6) is 0 Å². The molecule has 1 fully saturated rings. The molecule has 0 bridgehead atoms. The summed E-state index contributed by atoms with van der Waals surface area (Å²) in [6.07, 6.45) is 3.48. The van der Waals surface area contributed by atoms with E-state index in [4.69, 9.17) is 5.26 Å². The van der Waals surface area contributed by atoms with E-state index in [1.807, 2.05) is 4.90 Å². The van der Waals surface area contributed by atoms with Crippen LogP contribution in [-0.4, -0.2) is 47.9 Å². The number of hydrogen-bond donors (Lipinski definition) is 0. The lowest BCUT2D eigenvalue weighted by atomic mass is 9.87. The second-order valence-electron chi connectivity index (χ2n) is 7.19. The van der Waals surface area contributed by atoms with Crippen LogP contribution < -0.4 is 0 Å². The van der Waals surface area contributed by atoms with Crippen LogP contribution in [0.25, 0.3) is 0 Å². The molecule has 2 aromatic carbocycles. The van der Waals surface area contributed by atoms with Gasteiger partial charge >= 0.3 is 0 Å². The summed E-state index contributed by atoms with van der Waals surface area (Å²) in [5, 5.41) is 9.02. The molecular formula is C22H23N3O. The van der Waals surface area contributed by atoms with Crippen molar-refractivity contribution in [2.75, 3.05) is 26.2 Å². The minimum absolute atomic E-state index is 0.0377. The van der Waals surface area contributed by atoms with Gasteiger partial charge in [-0.25, -0.2) is 0 Å². The average molecular weight is 345 g/mol.